The van der Waals surface area contributed by atoms with Crippen LogP contribution in [0.5, 0.6) is 0 Å². The predicted molar refractivity (Wildman–Crippen MR) is 55.9 cm³/mol. The molecular formula is C9H13N3O5. The molecule has 5 N–H and O–H groups in total. The Morgan fingerprint density at radius 2 is 2.29 bits per heavy atom. The Balaban J connectivity index is 2.39. The van der Waals surface area contributed by atoms with E-state index < -0.39 is 36.8 Å². The summed E-state index contributed by atoms with van der Waals surface area (Å²) >= 11 is 0. The highest BCUT2D eigenvalue weighted by atomic mass is 16.6. The van der Waals surface area contributed by atoms with E-state index >= 15 is 0 Å². The molecule has 0 aromatic carbocycles. The van der Waals surface area contributed by atoms with Gasteiger partial charge in [0.2, 0.25) is 0 Å². The molecule has 1 fully saturated rings. The number of nitrogens with zero attached hydrogens (tertiary/aromatic N) is 2. The Bertz CT molecular complexity index is 507. The van der Waals surface area contributed by atoms with E-state index in [4.69, 9.17) is 16.9 Å². The fraction of sp³-hybridized carbons (Fsp3) is 0.556. The fourth-order valence-corrected chi connectivity index (χ4v) is 1.68. The number of rotatable bonds is 2. The first-order valence-corrected chi connectivity index (χ1v) is 4.93. The fourth-order valence-electron chi connectivity index (χ4n) is 1.68. The zero-order valence-corrected chi connectivity index (χ0v) is 8.72. The zero-order chi connectivity index (χ0) is 13.4. The number of nitrogens with two attached hydrogens (primary N) is 1. The maximum Gasteiger partial charge on any atom is 0.351 e. The molecule has 0 bridgehead atoms. The van der Waals surface area contributed by atoms with E-state index in [0.29, 0.717) is 0 Å². The zero-order valence-electron chi connectivity index (χ0n) is 9.72. The lowest BCUT2D eigenvalue weighted by Crippen LogP contribution is -2.36. The van der Waals surface area contributed by atoms with Gasteiger partial charge >= 0.3 is 5.69 Å². The van der Waals surface area contributed by atoms with E-state index in [1.165, 1.54) is 0 Å². The van der Waals surface area contributed by atoms with Gasteiger partial charge in [-0.15, -0.1) is 0 Å². The average molecular weight is 244 g/mol. The molecule has 0 unspecified atom stereocenters. The van der Waals surface area contributed by atoms with Crippen LogP contribution in [-0.2, 0) is 4.74 Å². The summed E-state index contributed by atoms with van der Waals surface area (Å²) in [6.45, 7) is -0.500. The molecule has 17 heavy (non-hydrogen) atoms. The van der Waals surface area contributed by atoms with Crippen LogP contribution in [0.1, 0.15) is 7.60 Å². The van der Waals surface area contributed by atoms with Gasteiger partial charge in [-0.3, -0.25) is 4.57 Å². The molecular weight excluding hydrogens is 230 g/mol. The van der Waals surface area contributed by atoms with Crippen LogP contribution in [0.25, 0.3) is 0 Å². The van der Waals surface area contributed by atoms with Crippen molar-refractivity contribution in [3.63, 3.8) is 0 Å². The van der Waals surface area contributed by atoms with Crippen LogP contribution >= 0.6 is 0 Å². The lowest BCUT2D eigenvalue weighted by molar-refractivity contribution is -0.0549. The molecule has 0 amide bonds. The molecule has 8 heteroatoms. The Hall–Kier alpha value is -1.48. The minimum atomic E-state index is -1.40. The van der Waals surface area contributed by atoms with E-state index in [0.717, 1.165) is 10.8 Å². The van der Waals surface area contributed by atoms with E-state index in [2.05, 4.69) is 4.98 Å². The first-order valence-electron chi connectivity index (χ1n) is 5.43. The molecule has 4 atom stereocenters. The molecule has 1 aliphatic rings. The second kappa shape index (κ2) is 4.41. The Kier molecular flexibility index (Phi) is 2.77. The maximum atomic E-state index is 11.6. The van der Waals surface area contributed by atoms with E-state index in [1.54, 1.807) is 0 Å². The van der Waals surface area contributed by atoms with Gasteiger partial charge in [0.1, 0.15) is 24.1 Å². The van der Waals surface area contributed by atoms with Gasteiger partial charge in [-0.25, -0.2) is 4.79 Å². The van der Waals surface area contributed by atoms with E-state index in [-0.39, 0.29) is 11.9 Å². The lowest BCUT2D eigenvalue weighted by atomic mass is 10.1. The van der Waals surface area contributed by atoms with Gasteiger partial charge in [0, 0.05) is 6.20 Å². The number of aliphatic hydroxyl groups excluding tert-OH is 3. The number of hydrogen-bond acceptors (Lipinski definition) is 7. The van der Waals surface area contributed by atoms with Gasteiger partial charge < -0.3 is 25.8 Å². The van der Waals surface area contributed by atoms with Gasteiger partial charge in [0.05, 0.1) is 7.98 Å². The van der Waals surface area contributed by atoms with Crippen LogP contribution in [0, 0.1) is 0 Å². The van der Waals surface area contributed by atoms with Crippen molar-refractivity contribution in [1.82, 2.24) is 9.55 Å². The standard InChI is InChI=1S/C9H13N3O5/c10-5-1-2-12(9(16)11-5)8-7(15)6(14)4(3-13)17-8/h1-2,4,6-8,13-15H,3H2,(H2,10,11,16)/t4-,6-,7-,8-/m1/s1/i1D. The highest BCUT2D eigenvalue weighted by molar-refractivity contribution is 5.23. The third-order valence-electron chi connectivity index (χ3n) is 2.58. The quantitative estimate of drug-likeness (QED) is 0.450. The van der Waals surface area contributed by atoms with Crippen LogP contribution < -0.4 is 11.4 Å². The van der Waals surface area contributed by atoms with E-state index in [9.17, 15) is 15.0 Å². The van der Waals surface area contributed by atoms with Crippen molar-refractivity contribution in [3.8, 4) is 0 Å². The van der Waals surface area contributed by atoms with Gasteiger partial charge in [-0.2, -0.15) is 4.98 Å². The third kappa shape index (κ3) is 2.03. The number of aliphatic hydroxyl groups is 3. The van der Waals surface area contributed by atoms with Crippen molar-refractivity contribution < 1.29 is 21.4 Å². The van der Waals surface area contributed by atoms with Gasteiger partial charge in [-0.05, 0) is 6.04 Å². The van der Waals surface area contributed by atoms with Crippen molar-refractivity contribution in [2.75, 3.05) is 12.3 Å². The summed E-state index contributed by atoms with van der Waals surface area (Å²) in [5.41, 5.74) is 4.49. The smallest absolute Gasteiger partial charge is 0.351 e. The molecule has 0 spiro atoms. The third-order valence-corrected chi connectivity index (χ3v) is 2.58. The van der Waals surface area contributed by atoms with Crippen molar-refractivity contribution >= 4 is 5.82 Å². The Labute approximate surface area is 97.3 Å². The average Bonchev–Trinajstić information content (AvgIpc) is 2.61. The first kappa shape index (κ1) is 10.7. The minimum Gasteiger partial charge on any atom is -0.394 e. The normalized spacial score (nSPS) is 33.7. The summed E-state index contributed by atoms with van der Waals surface area (Å²) in [5.74, 6) is -0.233. The van der Waals surface area contributed by atoms with Crippen molar-refractivity contribution in [3.05, 3.63) is 22.7 Å². The molecule has 1 aromatic heterocycles. The summed E-state index contributed by atoms with van der Waals surface area (Å²) in [6.07, 6.45) is -3.86. The number of nitrogen functional groups attached to an aromatic ring is 1. The molecule has 2 rings (SSSR count). The molecule has 94 valence electrons. The summed E-state index contributed by atoms with van der Waals surface area (Å²) in [7, 11) is 0. The molecule has 1 aliphatic heterocycles. The van der Waals surface area contributed by atoms with Crippen molar-refractivity contribution in [1.29, 1.82) is 0 Å². The second-order valence-electron chi connectivity index (χ2n) is 3.69. The largest absolute Gasteiger partial charge is 0.394 e. The van der Waals surface area contributed by atoms with Crippen LogP contribution in [0.2, 0.25) is 0 Å². The Morgan fingerprint density at radius 3 is 2.88 bits per heavy atom. The highest BCUT2D eigenvalue weighted by Gasteiger charge is 2.43. The van der Waals surface area contributed by atoms with Crippen LogP contribution in [0.15, 0.2) is 17.0 Å². The summed E-state index contributed by atoms with van der Waals surface area (Å²) in [6, 6.07) is -0.202. The monoisotopic (exact) mass is 244 g/mol. The van der Waals surface area contributed by atoms with Crippen molar-refractivity contribution in [2.24, 2.45) is 0 Å². The SMILES string of the molecule is [2H]c1cn([C@@H]2O[C@H](CO)[C@@H](O)[C@H]2O)c(=O)nc1N. The van der Waals surface area contributed by atoms with E-state index in [1.807, 2.05) is 0 Å². The number of ether oxygens (including phenoxy) is 1. The van der Waals surface area contributed by atoms with Crippen molar-refractivity contribution in [2.45, 2.75) is 24.5 Å². The number of hydrogen-bond donors (Lipinski definition) is 4. The summed E-state index contributed by atoms with van der Waals surface area (Å²) in [5, 5.41) is 28.2. The topological polar surface area (TPSA) is 131 Å². The molecule has 8 nitrogen and oxygen atoms in total. The Morgan fingerprint density at radius 1 is 1.59 bits per heavy atom. The second-order valence-corrected chi connectivity index (χ2v) is 3.69. The minimum absolute atomic E-state index is 0.202. The molecule has 2 heterocycles. The molecule has 1 aromatic rings. The summed E-state index contributed by atoms with van der Waals surface area (Å²) in [4.78, 5) is 15.0. The predicted octanol–water partition coefficient (Wildman–Crippen LogP) is -2.56. The van der Waals surface area contributed by atoms with Gasteiger partial charge in [-0.1, -0.05) is 0 Å². The molecule has 0 radical (unpaired) electrons. The van der Waals surface area contributed by atoms with Gasteiger partial charge in [0.15, 0.2) is 6.23 Å². The van der Waals surface area contributed by atoms with Gasteiger partial charge in [0.25, 0.3) is 0 Å². The molecule has 0 saturated carbocycles. The lowest BCUT2D eigenvalue weighted by Gasteiger charge is -2.16. The van der Waals surface area contributed by atoms with Crippen LogP contribution in [0.4, 0.5) is 5.82 Å². The molecule has 1 saturated heterocycles. The van der Waals surface area contributed by atoms with Crippen LogP contribution in [-0.4, -0.2) is 49.8 Å². The first-order chi connectivity index (χ1) is 8.45. The summed E-state index contributed by atoms with van der Waals surface area (Å²) < 4.78 is 13.4. The van der Waals surface area contributed by atoms with Crippen LogP contribution in [0.3, 0.4) is 0 Å². The maximum absolute atomic E-state index is 11.6. The number of aromatic nitrogens is 2. The number of anilines is 1. The molecule has 0 aliphatic carbocycles. The highest BCUT2D eigenvalue weighted by Crippen LogP contribution is 2.27.